The maximum absolute atomic E-state index is 12.6. The summed E-state index contributed by atoms with van der Waals surface area (Å²) in [5, 5.41) is 10.2. The lowest BCUT2D eigenvalue weighted by molar-refractivity contribution is -0.126. The first kappa shape index (κ1) is 16.1. The van der Waals surface area contributed by atoms with Gasteiger partial charge in [-0.05, 0) is 30.2 Å². The van der Waals surface area contributed by atoms with Crippen LogP contribution in [0.5, 0.6) is 0 Å². The molecule has 122 valence electrons. The smallest absolute Gasteiger partial charge is 0.249 e. The minimum Gasteiger partial charge on any atom is -0.344 e. The van der Waals surface area contributed by atoms with E-state index < -0.39 is 6.04 Å². The molecular formula is C16H19N3O2S2. The topological polar surface area (TPSA) is 71.1 Å². The van der Waals surface area contributed by atoms with Crippen molar-refractivity contribution in [1.82, 2.24) is 10.3 Å². The standard InChI is InChI=1S/C16H19N3O2S2/c1-10(20)17-14(11-5-2-3-6-11)15(21)19-16-18-12(9-23-16)13-7-4-8-22-13/h4,7-9,11,14H,2-3,5-6H2,1H3,(H,17,20)(H,18,19,21). The van der Waals surface area contributed by atoms with Gasteiger partial charge in [0.15, 0.2) is 5.13 Å². The maximum atomic E-state index is 12.6. The Morgan fingerprint density at radius 2 is 2.09 bits per heavy atom. The van der Waals surface area contributed by atoms with E-state index in [1.807, 2.05) is 22.9 Å². The van der Waals surface area contributed by atoms with Gasteiger partial charge in [0.05, 0.1) is 10.6 Å². The first-order chi connectivity index (χ1) is 11.1. The Morgan fingerprint density at radius 3 is 2.74 bits per heavy atom. The van der Waals surface area contributed by atoms with Gasteiger partial charge in [0.25, 0.3) is 0 Å². The number of carbonyl (C=O) groups excluding carboxylic acids is 2. The van der Waals surface area contributed by atoms with Gasteiger partial charge in [-0.25, -0.2) is 4.98 Å². The first-order valence-corrected chi connectivity index (χ1v) is 9.47. The second-order valence-electron chi connectivity index (χ2n) is 5.73. The third-order valence-electron chi connectivity index (χ3n) is 4.02. The van der Waals surface area contributed by atoms with E-state index in [4.69, 9.17) is 0 Å². The number of nitrogens with one attached hydrogen (secondary N) is 2. The van der Waals surface area contributed by atoms with Crippen LogP contribution in [0.1, 0.15) is 32.6 Å². The van der Waals surface area contributed by atoms with Crippen molar-refractivity contribution in [2.45, 2.75) is 38.6 Å². The minimum absolute atomic E-state index is 0.167. The van der Waals surface area contributed by atoms with E-state index in [2.05, 4.69) is 15.6 Å². The largest absolute Gasteiger partial charge is 0.344 e. The van der Waals surface area contributed by atoms with E-state index in [-0.39, 0.29) is 17.7 Å². The van der Waals surface area contributed by atoms with Crippen molar-refractivity contribution < 1.29 is 9.59 Å². The molecule has 0 radical (unpaired) electrons. The Hall–Kier alpha value is -1.73. The number of aromatic nitrogens is 1. The summed E-state index contributed by atoms with van der Waals surface area (Å²) in [4.78, 5) is 29.5. The SMILES string of the molecule is CC(=O)NC(C(=O)Nc1nc(-c2cccs2)cs1)C1CCCC1. The fraction of sp³-hybridized carbons (Fsp3) is 0.438. The number of thiophene rings is 1. The van der Waals surface area contributed by atoms with Gasteiger partial charge in [-0.3, -0.25) is 9.59 Å². The van der Waals surface area contributed by atoms with Gasteiger partial charge in [-0.15, -0.1) is 22.7 Å². The van der Waals surface area contributed by atoms with Crippen LogP contribution in [0.2, 0.25) is 0 Å². The molecule has 23 heavy (non-hydrogen) atoms. The number of amides is 2. The van der Waals surface area contributed by atoms with E-state index in [9.17, 15) is 9.59 Å². The third-order valence-corrected chi connectivity index (χ3v) is 5.67. The Kier molecular flexibility index (Phi) is 5.07. The molecule has 0 spiro atoms. The summed E-state index contributed by atoms with van der Waals surface area (Å²) in [6.45, 7) is 1.45. The van der Waals surface area contributed by atoms with Crippen molar-refractivity contribution in [3.63, 3.8) is 0 Å². The molecule has 1 fully saturated rings. The monoisotopic (exact) mass is 349 g/mol. The van der Waals surface area contributed by atoms with Crippen molar-refractivity contribution in [3.05, 3.63) is 22.9 Å². The Morgan fingerprint density at radius 1 is 1.30 bits per heavy atom. The van der Waals surface area contributed by atoms with Crippen molar-refractivity contribution in [1.29, 1.82) is 0 Å². The van der Waals surface area contributed by atoms with E-state index in [0.29, 0.717) is 5.13 Å². The van der Waals surface area contributed by atoms with Gasteiger partial charge in [-0.1, -0.05) is 18.9 Å². The molecule has 1 aliphatic carbocycles. The molecule has 1 aliphatic rings. The number of nitrogens with zero attached hydrogens (tertiary/aromatic N) is 1. The predicted octanol–water partition coefficient (Wildman–Crippen LogP) is 3.51. The lowest BCUT2D eigenvalue weighted by atomic mass is 9.97. The molecule has 3 rings (SSSR count). The van der Waals surface area contributed by atoms with Crippen LogP contribution in [0.3, 0.4) is 0 Å². The lowest BCUT2D eigenvalue weighted by Gasteiger charge is -2.22. The number of rotatable bonds is 5. The highest BCUT2D eigenvalue weighted by Gasteiger charge is 2.31. The molecule has 1 unspecified atom stereocenters. The van der Waals surface area contributed by atoms with Crippen molar-refractivity contribution >= 4 is 39.6 Å². The zero-order valence-electron chi connectivity index (χ0n) is 12.9. The van der Waals surface area contributed by atoms with Crippen LogP contribution in [-0.4, -0.2) is 22.8 Å². The second-order valence-corrected chi connectivity index (χ2v) is 7.53. The average molecular weight is 349 g/mol. The summed E-state index contributed by atoms with van der Waals surface area (Å²) >= 11 is 3.02. The van der Waals surface area contributed by atoms with E-state index in [1.165, 1.54) is 18.3 Å². The predicted molar refractivity (Wildman–Crippen MR) is 93.6 cm³/mol. The fourth-order valence-corrected chi connectivity index (χ4v) is 4.43. The normalized spacial score (nSPS) is 16.2. The van der Waals surface area contributed by atoms with E-state index in [0.717, 1.165) is 36.3 Å². The summed E-state index contributed by atoms with van der Waals surface area (Å²) in [6, 6.07) is 3.51. The van der Waals surface area contributed by atoms with Crippen LogP contribution in [-0.2, 0) is 9.59 Å². The van der Waals surface area contributed by atoms with Crippen LogP contribution < -0.4 is 10.6 Å². The quantitative estimate of drug-likeness (QED) is 0.868. The average Bonchev–Trinajstić information content (AvgIpc) is 3.25. The molecule has 2 aromatic rings. The summed E-state index contributed by atoms with van der Waals surface area (Å²) in [6.07, 6.45) is 4.20. The molecule has 5 nitrogen and oxygen atoms in total. The van der Waals surface area contributed by atoms with E-state index in [1.54, 1.807) is 11.3 Å². The number of hydrogen-bond acceptors (Lipinski definition) is 5. The summed E-state index contributed by atoms with van der Waals surface area (Å²) in [5.74, 6) is -0.120. The van der Waals surface area contributed by atoms with Crippen LogP contribution in [0.25, 0.3) is 10.6 Å². The molecule has 0 saturated heterocycles. The molecule has 2 N–H and O–H groups in total. The molecule has 0 bridgehead atoms. The molecule has 7 heteroatoms. The minimum atomic E-state index is -0.468. The molecule has 2 heterocycles. The van der Waals surface area contributed by atoms with Gasteiger partial charge in [0.2, 0.25) is 11.8 Å². The third kappa shape index (κ3) is 3.97. The molecule has 2 amide bonds. The van der Waals surface area contributed by atoms with Crippen LogP contribution >= 0.6 is 22.7 Å². The summed E-state index contributed by atoms with van der Waals surface area (Å²) < 4.78 is 0. The molecule has 2 aromatic heterocycles. The van der Waals surface area contributed by atoms with Crippen molar-refractivity contribution in [3.8, 4) is 10.6 Å². The van der Waals surface area contributed by atoms with Gasteiger partial charge in [0, 0.05) is 12.3 Å². The first-order valence-electron chi connectivity index (χ1n) is 7.71. The van der Waals surface area contributed by atoms with Crippen LogP contribution in [0, 0.1) is 5.92 Å². The van der Waals surface area contributed by atoms with Gasteiger partial charge in [0.1, 0.15) is 6.04 Å². The number of carbonyl (C=O) groups is 2. The number of anilines is 1. The lowest BCUT2D eigenvalue weighted by Crippen LogP contribution is -2.47. The van der Waals surface area contributed by atoms with Crippen LogP contribution in [0.15, 0.2) is 22.9 Å². The fourth-order valence-electron chi connectivity index (χ4n) is 2.96. The zero-order valence-corrected chi connectivity index (χ0v) is 14.5. The Labute approximate surface area is 143 Å². The van der Waals surface area contributed by atoms with E-state index >= 15 is 0 Å². The van der Waals surface area contributed by atoms with Crippen LogP contribution in [0.4, 0.5) is 5.13 Å². The maximum Gasteiger partial charge on any atom is 0.249 e. The Balaban J connectivity index is 1.69. The van der Waals surface area contributed by atoms with Gasteiger partial charge in [-0.2, -0.15) is 0 Å². The molecule has 0 aromatic carbocycles. The van der Waals surface area contributed by atoms with Crippen molar-refractivity contribution in [2.75, 3.05) is 5.32 Å². The molecule has 1 atom stereocenters. The van der Waals surface area contributed by atoms with Crippen molar-refractivity contribution in [2.24, 2.45) is 5.92 Å². The van der Waals surface area contributed by atoms with Gasteiger partial charge >= 0.3 is 0 Å². The highest BCUT2D eigenvalue weighted by molar-refractivity contribution is 7.16. The summed E-state index contributed by atoms with van der Waals surface area (Å²) in [5.41, 5.74) is 0.872. The molecule has 0 aliphatic heterocycles. The van der Waals surface area contributed by atoms with Gasteiger partial charge < -0.3 is 10.6 Å². The molecule has 1 saturated carbocycles. The summed E-state index contributed by atoms with van der Waals surface area (Å²) in [7, 11) is 0. The highest BCUT2D eigenvalue weighted by Crippen LogP contribution is 2.30. The number of thiazole rings is 1. The zero-order chi connectivity index (χ0) is 16.2. The number of hydrogen-bond donors (Lipinski definition) is 2. The second kappa shape index (κ2) is 7.23. The molecular weight excluding hydrogens is 330 g/mol. The highest BCUT2D eigenvalue weighted by atomic mass is 32.1. The Bertz CT molecular complexity index is 675.